The maximum absolute atomic E-state index is 12.9. The van der Waals surface area contributed by atoms with Gasteiger partial charge in [-0.1, -0.05) is 52.0 Å². The molecule has 0 fully saturated rings. The van der Waals surface area contributed by atoms with Gasteiger partial charge < -0.3 is 21.7 Å². The zero-order chi connectivity index (χ0) is 20.4. The first-order chi connectivity index (χ1) is 11.8. The molecule has 0 aliphatic rings. The first kappa shape index (κ1) is 21.5. The van der Waals surface area contributed by atoms with Crippen LogP contribution < -0.4 is 11.5 Å². The number of carbonyl (C=O) groups excluding carboxylic acids is 2. The van der Waals surface area contributed by atoms with Crippen molar-refractivity contribution in [1.82, 2.24) is 0 Å². The molecule has 6 N–H and O–H groups in total. The molecule has 0 aromatic heterocycles. The standard InChI is InChI=1S/C18H24N2O6/c1-9(2)17(19,15(23)24)13(21)11-7-5-6-8-12(11)14(22)18(20,10(3)4)16(25)26/h5-10H,19-20H2,1-4H3,(H,23,24)(H,25,26). The average molecular weight is 364 g/mol. The van der Waals surface area contributed by atoms with E-state index in [4.69, 9.17) is 11.5 Å². The minimum absolute atomic E-state index is 0.271. The van der Waals surface area contributed by atoms with Gasteiger partial charge in [0.15, 0.2) is 22.6 Å². The van der Waals surface area contributed by atoms with Crippen molar-refractivity contribution in [2.45, 2.75) is 38.8 Å². The first-order valence-electron chi connectivity index (χ1n) is 8.06. The molecule has 1 aromatic rings. The molecule has 0 spiro atoms. The second kappa shape index (κ2) is 7.35. The Labute approximate surface area is 151 Å². The third-order valence-electron chi connectivity index (χ3n) is 4.70. The summed E-state index contributed by atoms with van der Waals surface area (Å²) >= 11 is 0. The van der Waals surface area contributed by atoms with Gasteiger partial charge in [-0.3, -0.25) is 9.59 Å². The summed E-state index contributed by atoms with van der Waals surface area (Å²) in [5.41, 5.74) is 6.62. The molecule has 0 saturated heterocycles. The van der Waals surface area contributed by atoms with Crippen LogP contribution in [-0.2, 0) is 9.59 Å². The molecule has 0 aliphatic heterocycles. The summed E-state index contributed by atoms with van der Waals surface area (Å²) in [6, 6.07) is 5.35. The molecule has 142 valence electrons. The molecular weight excluding hydrogens is 340 g/mol. The lowest BCUT2D eigenvalue weighted by atomic mass is 9.75. The van der Waals surface area contributed by atoms with Crippen molar-refractivity contribution in [3.05, 3.63) is 35.4 Å². The van der Waals surface area contributed by atoms with Crippen molar-refractivity contribution in [3.63, 3.8) is 0 Å². The first-order valence-corrected chi connectivity index (χ1v) is 8.06. The van der Waals surface area contributed by atoms with Crippen molar-refractivity contribution in [2.75, 3.05) is 0 Å². The highest BCUT2D eigenvalue weighted by molar-refractivity contribution is 6.24. The van der Waals surface area contributed by atoms with E-state index in [0.29, 0.717) is 0 Å². The van der Waals surface area contributed by atoms with Crippen LogP contribution in [0.2, 0.25) is 0 Å². The molecule has 0 bridgehead atoms. The highest BCUT2D eigenvalue weighted by Gasteiger charge is 2.50. The van der Waals surface area contributed by atoms with E-state index in [1.165, 1.54) is 52.0 Å². The van der Waals surface area contributed by atoms with E-state index in [9.17, 15) is 29.4 Å². The van der Waals surface area contributed by atoms with Crippen molar-refractivity contribution in [2.24, 2.45) is 23.3 Å². The Morgan fingerprint density at radius 3 is 1.23 bits per heavy atom. The minimum atomic E-state index is -2.27. The molecule has 0 aliphatic carbocycles. The van der Waals surface area contributed by atoms with Gasteiger partial charge in [0.05, 0.1) is 0 Å². The third-order valence-corrected chi connectivity index (χ3v) is 4.70. The summed E-state index contributed by atoms with van der Waals surface area (Å²) in [7, 11) is 0. The number of hydrogen-bond donors (Lipinski definition) is 4. The van der Waals surface area contributed by atoms with E-state index in [-0.39, 0.29) is 11.1 Å². The van der Waals surface area contributed by atoms with E-state index in [0.717, 1.165) is 0 Å². The molecule has 2 atom stereocenters. The number of carbonyl (C=O) groups is 4. The monoisotopic (exact) mass is 364 g/mol. The van der Waals surface area contributed by atoms with Crippen LogP contribution in [0.3, 0.4) is 0 Å². The number of rotatable bonds is 8. The quantitative estimate of drug-likeness (QED) is 0.391. The summed E-state index contributed by atoms with van der Waals surface area (Å²) < 4.78 is 0. The van der Waals surface area contributed by atoms with Gasteiger partial charge in [0.2, 0.25) is 0 Å². The van der Waals surface area contributed by atoms with Gasteiger partial charge in [0.1, 0.15) is 0 Å². The number of hydrogen-bond acceptors (Lipinski definition) is 6. The Kier molecular flexibility index (Phi) is 6.06. The Hall–Kier alpha value is -2.58. The number of Topliss-reactive ketones (excluding diaryl/α,β-unsaturated/α-hetero) is 2. The van der Waals surface area contributed by atoms with Crippen molar-refractivity contribution < 1.29 is 29.4 Å². The molecule has 0 saturated carbocycles. The molecule has 0 heterocycles. The van der Waals surface area contributed by atoms with Gasteiger partial charge in [0.25, 0.3) is 0 Å². The Balaban J connectivity index is 3.63. The van der Waals surface area contributed by atoms with Crippen LogP contribution in [0.5, 0.6) is 0 Å². The summed E-state index contributed by atoms with van der Waals surface area (Å²) in [5.74, 6) is -6.60. The Morgan fingerprint density at radius 2 is 1.04 bits per heavy atom. The molecule has 8 nitrogen and oxygen atoms in total. The molecular formula is C18H24N2O6. The van der Waals surface area contributed by atoms with Crippen molar-refractivity contribution in [1.29, 1.82) is 0 Å². The molecule has 26 heavy (non-hydrogen) atoms. The average Bonchev–Trinajstić information content (AvgIpc) is 2.57. The maximum atomic E-state index is 12.9. The number of aliphatic carboxylic acids is 2. The van der Waals surface area contributed by atoms with Gasteiger partial charge in [-0.05, 0) is 11.8 Å². The summed E-state index contributed by atoms with van der Waals surface area (Å²) in [6.07, 6.45) is 0. The van der Waals surface area contributed by atoms with E-state index < -0.39 is 46.4 Å². The highest BCUT2D eigenvalue weighted by Crippen LogP contribution is 2.27. The topological polar surface area (TPSA) is 161 Å². The smallest absolute Gasteiger partial charge is 0.332 e. The molecule has 0 radical (unpaired) electrons. The number of carboxylic acids is 2. The van der Waals surface area contributed by atoms with E-state index in [1.807, 2.05) is 0 Å². The van der Waals surface area contributed by atoms with E-state index in [1.54, 1.807) is 0 Å². The van der Waals surface area contributed by atoms with Crippen LogP contribution in [0.25, 0.3) is 0 Å². The number of carboxylic acid groups (broad SMARTS) is 2. The van der Waals surface area contributed by atoms with Crippen LogP contribution in [0, 0.1) is 11.8 Å². The number of benzene rings is 1. The van der Waals surface area contributed by atoms with Crippen LogP contribution in [-0.4, -0.2) is 44.8 Å². The predicted molar refractivity (Wildman–Crippen MR) is 93.9 cm³/mol. The predicted octanol–water partition coefficient (Wildman–Crippen LogP) is 0.928. The molecule has 8 heteroatoms. The second-order valence-corrected chi connectivity index (χ2v) is 6.86. The van der Waals surface area contributed by atoms with Gasteiger partial charge in [0, 0.05) is 11.1 Å². The lowest BCUT2D eigenvalue weighted by molar-refractivity contribution is -0.143. The zero-order valence-corrected chi connectivity index (χ0v) is 15.1. The van der Waals surface area contributed by atoms with Gasteiger partial charge in [-0.15, -0.1) is 0 Å². The molecule has 1 aromatic carbocycles. The van der Waals surface area contributed by atoms with E-state index >= 15 is 0 Å². The van der Waals surface area contributed by atoms with Crippen molar-refractivity contribution in [3.8, 4) is 0 Å². The van der Waals surface area contributed by atoms with Crippen LogP contribution in [0.15, 0.2) is 24.3 Å². The Morgan fingerprint density at radius 1 is 0.769 bits per heavy atom. The summed E-state index contributed by atoms with van der Waals surface area (Å²) in [6.45, 7) is 5.87. The summed E-state index contributed by atoms with van der Waals surface area (Å²) in [4.78, 5) is 49.0. The van der Waals surface area contributed by atoms with Gasteiger partial charge in [-0.2, -0.15) is 0 Å². The minimum Gasteiger partial charge on any atom is -0.480 e. The highest BCUT2D eigenvalue weighted by atomic mass is 16.4. The summed E-state index contributed by atoms with van der Waals surface area (Å²) in [5, 5.41) is 18.9. The van der Waals surface area contributed by atoms with Gasteiger partial charge in [-0.25, -0.2) is 9.59 Å². The SMILES string of the molecule is CC(C)C(N)(C(=O)O)C(=O)c1ccccc1C(=O)C(N)(C(=O)O)C(C)C. The van der Waals surface area contributed by atoms with Crippen molar-refractivity contribution >= 4 is 23.5 Å². The lowest BCUT2D eigenvalue weighted by Gasteiger charge is -2.30. The van der Waals surface area contributed by atoms with Crippen LogP contribution in [0.1, 0.15) is 48.4 Å². The van der Waals surface area contributed by atoms with Crippen LogP contribution >= 0.6 is 0 Å². The molecule has 1 rings (SSSR count). The fourth-order valence-electron chi connectivity index (χ4n) is 2.54. The van der Waals surface area contributed by atoms with Gasteiger partial charge >= 0.3 is 11.9 Å². The normalized spacial score (nSPS) is 16.0. The largest absolute Gasteiger partial charge is 0.480 e. The second-order valence-electron chi connectivity index (χ2n) is 6.86. The molecule has 2 unspecified atom stereocenters. The van der Waals surface area contributed by atoms with Crippen LogP contribution in [0.4, 0.5) is 0 Å². The Bertz CT molecular complexity index is 695. The zero-order valence-electron chi connectivity index (χ0n) is 15.1. The fraction of sp³-hybridized carbons (Fsp3) is 0.444. The number of nitrogens with two attached hydrogens (primary N) is 2. The molecule has 0 amide bonds. The third kappa shape index (κ3) is 3.25. The van der Waals surface area contributed by atoms with E-state index in [2.05, 4.69) is 0 Å². The lowest BCUT2D eigenvalue weighted by Crippen LogP contribution is -2.61. The maximum Gasteiger partial charge on any atom is 0.332 e. The number of ketones is 2. The fourth-order valence-corrected chi connectivity index (χ4v) is 2.54.